The molecule has 0 saturated heterocycles. The smallest absolute Gasteiger partial charge is 0.343 e. The first-order chi connectivity index (χ1) is 10.6. The molecule has 0 saturated carbocycles. The maximum Gasteiger partial charge on any atom is 0.343 e. The van der Waals surface area contributed by atoms with Crippen molar-refractivity contribution in [2.24, 2.45) is 0 Å². The van der Waals surface area contributed by atoms with Crippen LogP contribution >= 0.6 is 0 Å². The molecule has 2 aromatic rings. The lowest BCUT2D eigenvalue weighted by molar-refractivity contribution is -0.400. The molecule has 0 aliphatic carbocycles. The predicted molar refractivity (Wildman–Crippen MR) is 80.4 cm³/mol. The number of carbonyl (C=O) groups is 1. The van der Waals surface area contributed by atoms with E-state index in [1.165, 1.54) is 13.2 Å². The van der Waals surface area contributed by atoms with Crippen LogP contribution in [0, 0.1) is 10.1 Å². The Morgan fingerprint density at radius 3 is 2.45 bits per heavy atom. The average Bonchev–Trinajstić information content (AvgIpc) is 2.54. The first-order valence-corrected chi connectivity index (χ1v) is 6.37. The lowest BCUT2D eigenvalue weighted by Gasteiger charge is -2.07. The lowest BCUT2D eigenvalue weighted by atomic mass is 10.2. The van der Waals surface area contributed by atoms with Gasteiger partial charge in [-0.05, 0) is 30.3 Å². The highest BCUT2D eigenvalue weighted by molar-refractivity contribution is 5.91. The van der Waals surface area contributed by atoms with Gasteiger partial charge in [-0.25, -0.2) is 4.79 Å². The van der Waals surface area contributed by atoms with Gasteiger partial charge in [0, 0.05) is 11.6 Å². The van der Waals surface area contributed by atoms with E-state index in [9.17, 15) is 14.9 Å². The van der Waals surface area contributed by atoms with E-state index in [2.05, 4.69) is 0 Å². The van der Waals surface area contributed by atoms with E-state index in [1.54, 1.807) is 48.5 Å². The standard InChI is InChI=1S/C16H13NO5/c1-21-14-8-6-13(7-9-14)16(18)22-15-5-3-2-4-12(15)10-11-17(19)20/h2-11H,1H3/b11-10+. The quantitative estimate of drug-likeness (QED) is 0.367. The second-order valence-corrected chi connectivity index (χ2v) is 4.26. The summed E-state index contributed by atoms with van der Waals surface area (Å²) < 4.78 is 10.3. The number of nitrogens with zero attached hydrogens (tertiary/aromatic N) is 1. The molecule has 0 N–H and O–H groups in total. The van der Waals surface area contributed by atoms with Crippen molar-refractivity contribution < 1.29 is 19.2 Å². The van der Waals surface area contributed by atoms with Gasteiger partial charge >= 0.3 is 5.97 Å². The molecule has 0 heterocycles. The summed E-state index contributed by atoms with van der Waals surface area (Å²) in [5, 5.41) is 10.4. The molecule has 6 heteroatoms. The van der Waals surface area contributed by atoms with Crippen LogP contribution in [0.15, 0.2) is 54.7 Å². The Morgan fingerprint density at radius 1 is 1.14 bits per heavy atom. The van der Waals surface area contributed by atoms with Gasteiger partial charge in [-0.1, -0.05) is 18.2 Å². The first kappa shape index (κ1) is 15.2. The van der Waals surface area contributed by atoms with Crippen molar-refractivity contribution in [3.05, 3.63) is 76.0 Å². The molecule has 0 aliphatic rings. The van der Waals surface area contributed by atoms with Crippen LogP contribution in [0.5, 0.6) is 11.5 Å². The van der Waals surface area contributed by atoms with Gasteiger partial charge in [-0.2, -0.15) is 0 Å². The summed E-state index contributed by atoms with van der Waals surface area (Å²) in [6.45, 7) is 0. The number of esters is 1. The third-order valence-electron chi connectivity index (χ3n) is 2.82. The van der Waals surface area contributed by atoms with E-state index >= 15 is 0 Å². The second kappa shape index (κ2) is 7.03. The van der Waals surface area contributed by atoms with Gasteiger partial charge in [0.25, 0.3) is 0 Å². The van der Waals surface area contributed by atoms with Crippen molar-refractivity contribution in [2.45, 2.75) is 0 Å². The van der Waals surface area contributed by atoms with Crippen LogP contribution < -0.4 is 9.47 Å². The van der Waals surface area contributed by atoms with Crippen molar-refractivity contribution in [1.82, 2.24) is 0 Å². The number of hydrogen-bond donors (Lipinski definition) is 0. The molecule has 0 spiro atoms. The van der Waals surface area contributed by atoms with Gasteiger partial charge in [0.1, 0.15) is 11.5 Å². The molecule has 0 fully saturated rings. The van der Waals surface area contributed by atoms with Gasteiger partial charge in [-0.15, -0.1) is 0 Å². The molecule has 0 atom stereocenters. The normalized spacial score (nSPS) is 10.4. The SMILES string of the molecule is COc1ccc(C(=O)Oc2ccccc2/C=C/[N+](=O)[O-])cc1. The van der Waals surface area contributed by atoms with Crippen molar-refractivity contribution in [3.8, 4) is 11.5 Å². The molecule has 6 nitrogen and oxygen atoms in total. The van der Waals surface area contributed by atoms with Gasteiger partial charge in [-0.3, -0.25) is 10.1 Å². The highest BCUT2D eigenvalue weighted by Gasteiger charge is 2.11. The first-order valence-electron chi connectivity index (χ1n) is 6.37. The summed E-state index contributed by atoms with van der Waals surface area (Å²) in [5.41, 5.74) is 0.801. The van der Waals surface area contributed by atoms with E-state index in [1.807, 2.05) is 0 Å². The Labute approximate surface area is 126 Å². The van der Waals surface area contributed by atoms with Gasteiger partial charge < -0.3 is 9.47 Å². The summed E-state index contributed by atoms with van der Waals surface area (Å²) >= 11 is 0. The van der Waals surface area contributed by atoms with Crippen LogP contribution in [0.4, 0.5) is 0 Å². The summed E-state index contributed by atoms with van der Waals surface area (Å²) in [5.74, 6) is 0.330. The average molecular weight is 299 g/mol. The Kier molecular flexibility index (Phi) is 4.87. The number of methoxy groups -OCH3 is 1. The summed E-state index contributed by atoms with van der Waals surface area (Å²) in [4.78, 5) is 21.9. The van der Waals surface area contributed by atoms with Crippen molar-refractivity contribution in [2.75, 3.05) is 7.11 Å². The minimum atomic E-state index is -0.581. The summed E-state index contributed by atoms with van der Waals surface area (Å²) in [6.07, 6.45) is 2.07. The fourth-order valence-electron chi connectivity index (χ4n) is 1.74. The maximum absolute atomic E-state index is 12.1. The lowest BCUT2D eigenvalue weighted by Crippen LogP contribution is -2.09. The molecule has 0 amide bonds. The van der Waals surface area contributed by atoms with Crippen molar-refractivity contribution in [3.63, 3.8) is 0 Å². The Bertz CT molecular complexity index is 707. The highest BCUT2D eigenvalue weighted by atomic mass is 16.6. The third kappa shape index (κ3) is 3.92. The molecule has 2 rings (SSSR count). The number of rotatable bonds is 5. The van der Waals surface area contributed by atoms with Gasteiger partial charge in [0.2, 0.25) is 6.20 Å². The molecule has 0 aromatic heterocycles. The minimum Gasteiger partial charge on any atom is -0.497 e. The van der Waals surface area contributed by atoms with E-state index in [0.717, 1.165) is 6.20 Å². The molecule has 0 aliphatic heterocycles. The molecule has 112 valence electrons. The van der Waals surface area contributed by atoms with E-state index < -0.39 is 10.9 Å². The predicted octanol–water partition coefficient (Wildman–Crippen LogP) is 3.16. The minimum absolute atomic E-state index is 0.251. The zero-order valence-corrected chi connectivity index (χ0v) is 11.8. The zero-order valence-electron chi connectivity index (χ0n) is 11.8. The molecule has 22 heavy (non-hydrogen) atoms. The zero-order chi connectivity index (χ0) is 15.9. The van der Waals surface area contributed by atoms with Gasteiger partial charge in [0.05, 0.1) is 17.6 Å². The molecule has 0 bridgehead atoms. The van der Waals surface area contributed by atoms with E-state index in [4.69, 9.17) is 9.47 Å². The van der Waals surface area contributed by atoms with Crippen LogP contribution in [-0.2, 0) is 0 Å². The fourth-order valence-corrected chi connectivity index (χ4v) is 1.74. The second-order valence-electron chi connectivity index (χ2n) is 4.26. The fraction of sp³-hybridized carbons (Fsp3) is 0.0625. The number of ether oxygens (including phenoxy) is 2. The van der Waals surface area contributed by atoms with E-state index in [0.29, 0.717) is 16.9 Å². The Balaban J connectivity index is 2.19. The highest BCUT2D eigenvalue weighted by Crippen LogP contribution is 2.21. The molecule has 0 unspecified atom stereocenters. The van der Waals surface area contributed by atoms with Crippen molar-refractivity contribution >= 4 is 12.0 Å². The monoisotopic (exact) mass is 299 g/mol. The number of hydrogen-bond acceptors (Lipinski definition) is 5. The molecule has 0 radical (unpaired) electrons. The number of para-hydroxylation sites is 1. The molecule has 2 aromatic carbocycles. The van der Waals surface area contributed by atoms with Crippen molar-refractivity contribution in [1.29, 1.82) is 0 Å². The number of nitro groups is 1. The topological polar surface area (TPSA) is 78.7 Å². The van der Waals surface area contributed by atoms with E-state index in [-0.39, 0.29) is 5.75 Å². The van der Waals surface area contributed by atoms with Crippen LogP contribution in [0.1, 0.15) is 15.9 Å². The summed E-state index contributed by atoms with van der Waals surface area (Å²) in [6, 6.07) is 13.0. The molecular formula is C16H13NO5. The van der Waals surface area contributed by atoms with Crippen LogP contribution in [0.3, 0.4) is 0 Å². The summed E-state index contributed by atoms with van der Waals surface area (Å²) in [7, 11) is 1.53. The largest absolute Gasteiger partial charge is 0.497 e. The molecular weight excluding hydrogens is 286 g/mol. The van der Waals surface area contributed by atoms with Crippen LogP contribution in [-0.4, -0.2) is 18.0 Å². The van der Waals surface area contributed by atoms with Crippen LogP contribution in [0.25, 0.3) is 6.08 Å². The Hall–Kier alpha value is -3.15. The Morgan fingerprint density at radius 2 is 1.82 bits per heavy atom. The number of carbonyl (C=O) groups excluding carboxylic acids is 1. The number of benzene rings is 2. The van der Waals surface area contributed by atoms with Gasteiger partial charge in [0.15, 0.2) is 0 Å². The third-order valence-corrected chi connectivity index (χ3v) is 2.82. The van der Waals surface area contributed by atoms with Crippen LogP contribution in [0.2, 0.25) is 0 Å². The maximum atomic E-state index is 12.1.